The zero-order chi connectivity index (χ0) is 31.0. The fraction of sp³-hybridized carbons (Fsp3) is 0.355. The third kappa shape index (κ3) is 5.39. The summed E-state index contributed by atoms with van der Waals surface area (Å²) >= 11 is 1.29. The minimum absolute atomic E-state index is 0.0845. The number of rotatable bonds is 7. The Morgan fingerprint density at radius 3 is 2.50 bits per heavy atom. The van der Waals surface area contributed by atoms with E-state index in [-0.39, 0.29) is 24.5 Å². The Morgan fingerprint density at radius 2 is 1.82 bits per heavy atom. The van der Waals surface area contributed by atoms with Crippen LogP contribution in [0.25, 0.3) is 0 Å². The largest absolute Gasteiger partial charge is 0.488 e. The van der Waals surface area contributed by atoms with Gasteiger partial charge in [0.05, 0.1) is 42.0 Å². The number of hydrogen-bond acceptors (Lipinski definition) is 8. The summed E-state index contributed by atoms with van der Waals surface area (Å²) in [6.07, 6.45) is 2.40. The number of imide groups is 1. The standard InChI is InChI=1S/C31H32N6O6S/c1-18(34-31(42)32-2)27(38)36-13-10-19-6-5-9-24(43-20-11-12-35(15-20)30(41)25-14-33-17-44-25)26(19)23(36)16-37-28(39)21-7-3-4-8-22(21)29(37)40/h3-9,14,17-18,20,23H,10-13,15-16H2,1-2H3,(H2,32,34,42)/t18-,20-,23+/m0/s1. The average Bonchev–Trinajstić information content (AvgIpc) is 3.79. The van der Waals surface area contributed by atoms with Crippen LogP contribution < -0.4 is 15.4 Å². The van der Waals surface area contributed by atoms with Gasteiger partial charge < -0.3 is 25.2 Å². The number of ether oxygens (including phenoxy) is 1. The molecule has 0 aliphatic carbocycles. The Bertz CT molecular complexity index is 1590. The summed E-state index contributed by atoms with van der Waals surface area (Å²) in [5, 5.41) is 5.10. The number of carbonyl (C=O) groups is 5. The van der Waals surface area contributed by atoms with Gasteiger partial charge in [-0.25, -0.2) is 4.79 Å². The Hall–Kier alpha value is -4.78. The smallest absolute Gasteiger partial charge is 0.315 e. The van der Waals surface area contributed by atoms with E-state index in [2.05, 4.69) is 15.6 Å². The summed E-state index contributed by atoms with van der Waals surface area (Å²) in [4.78, 5) is 74.7. The van der Waals surface area contributed by atoms with Crippen molar-refractivity contribution in [3.8, 4) is 5.75 Å². The second-order valence-corrected chi connectivity index (χ2v) is 11.9. The molecule has 0 radical (unpaired) electrons. The van der Waals surface area contributed by atoms with Crippen molar-refractivity contribution in [3.63, 3.8) is 0 Å². The molecule has 6 amide bonds. The average molecular weight is 617 g/mol. The molecule has 12 nitrogen and oxygen atoms in total. The molecule has 0 unspecified atom stereocenters. The molecule has 3 aliphatic heterocycles. The van der Waals surface area contributed by atoms with Crippen LogP contribution in [-0.2, 0) is 11.2 Å². The molecule has 1 fully saturated rings. The monoisotopic (exact) mass is 616 g/mol. The van der Waals surface area contributed by atoms with Crippen LogP contribution in [0.5, 0.6) is 5.75 Å². The van der Waals surface area contributed by atoms with Gasteiger partial charge in [-0.05, 0) is 37.1 Å². The first-order chi connectivity index (χ1) is 21.3. The van der Waals surface area contributed by atoms with Crippen LogP contribution in [0.4, 0.5) is 4.79 Å². The van der Waals surface area contributed by atoms with E-state index in [1.54, 1.807) is 52.7 Å². The fourth-order valence-electron chi connectivity index (χ4n) is 6.12. The molecule has 0 bridgehead atoms. The number of nitrogens with zero attached hydrogens (tertiary/aromatic N) is 4. The van der Waals surface area contributed by atoms with Crippen molar-refractivity contribution in [2.24, 2.45) is 0 Å². The Labute approximate surface area is 258 Å². The Balaban J connectivity index is 1.31. The first-order valence-electron chi connectivity index (χ1n) is 14.5. The number of fused-ring (bicyclic) bond motifs is 2. The van der Waals surface area contributed by atoms with Crippen molar-refractivity contribution in [2.75, 3.05) is 33.2 Å². The summed E-state index contributed by atoms with van der Waals surface area (Å²) in [6, 6.07) is 10.2. The maximum absolute atomic E-state index is 13.8. The molecule has 6 rings (SSSR count). The third-order valence-corrected chi connectivity index (χ3v) is 9.08. The van der Waals surface area contributed by atoms with Crippen molar-refractivity contribution in [1.29, 1.82) is 0 Å². The molecule has 1 saturated heterocycles. The second kappa shape index (κ2) is 12.1. The van der Waals surface area contributed by atoms with Crippen molar-refractivity contribution in [1.82, 2.24) is 30.3 Å². The summed E-state index contributed by atoms with van der Waals surface area (Å²) in [6.45, 7) is 2.76. The molecule has 2 N–H and O–H groups in total. The minimum Gasteiger partial charge on any atom is -0.488 e. The first kappa shape index (κ1) is 29.3. The Kier molecular flexibility index (Phi) is 8.04. The highest BCUT2D eigenvalue weighted by Crippen LogP contribution is 2.40. The van der Waals surface area contributed by atoms with E-state index in [0.717, 1.165) is 5.56 Å². The minimum atomic E-state index is -0.865. The molecule has 3 atom stereocenters. The van der Waals surface area contributed by atoms with Crippen molar-refractivity contribution >= 4 is 41.0 Å². The molecule has 3 aromatic rings. The van der Waals surface area contributed by atoms with Crippen LogP contribution in [0.15, 0.2) is 54.2 Å². The molecule has 0 spiro atoms. The molecule has 44 heavy (non-hydrogen) atoms. The van der Waals surface area contributed by atoms with Gasteiger partial charge in [0.25, 0.3) is 17.7 Å². The maximum Gasteiger partial charge on any atom is 0.315 e. The van der Waals surface area contributed by atoms with Crippen LogP contribution in [0.1, 0.15) is 60.9 Å². The van der Waals surface area contributed by atoms with Gasteiger partial charge >= 0.3 is 6.03 Å². The SMILES string of the molecule is CNC(=O)N[C@@H](C)C(=O)N1CCc2cccc(O[C@H]3CCN(C(=O)c4cncs4)C3)c2[C@H]1CN1C(=O)c2ccccc2C1=O. The van der Waals surface area contributed by atoms with E-state index in [0.29, 0.717) is 59.8 Å². The highest BCUT2D eigenvalue weighted by molar-refractivity contribution is 7.11. The summed E-state index contributed by atoms with van der Waals surface area (Å²) in [7, 11) is 1.47. The lowest BCUT2D eigenvalue weighted by molar-refractivity contribution is -0.136. The summed E-state index contributed by atoms with van der Waals surface area (Å²) in [5.41, 5.74) is 3.92. The quantitative estimate of drug-likeness (QED) is 0.389. The van der Waals surface area contributed by atoms with Crippen molar-refractivity contribution < 1.29 is 28.7 Å². The zero-order valence-electron chi connectivity index (χ0n) is 24.3. The predicted molar refractivity (Wildman–Crippen MR) is 161 cm³/mol. The number of hydrogen-bond donors (Lipinski definition) is 2. The number of nitrogens with one attached hydrogen (secondary N) is 2. The number of urea groups is 1. The van der Waals surface area contributed by atoms with Gasteiger partial charge in [0.2, 0.25) is 5.91 Å². The lowest BCUT2D eigenvalue weighted by Gasteiger charge is -2.41. The van der Waals surface area contributed by atoms with Crippen LogP contribution in [0.2, 0.25) is 0 Å². The highest BCUT2D eigenvalue weighted by atomic mass is 32.1. The molecule has 4 heterocycles. The number of likely N-dealkylation sites (tertiary alicyclic amines) is 1. The Morgan fingerprint density at radius 1 is 1.07 bits per heavy atom. The molecule has 3 aliphatic rings. The summed E-state index contributed by atoms with van der Waals surface area (Å²) < 4.78 is 6.54. The topological polar surface area (TPSA) is 141 Å². The van der Waals surface area contributed by atoms with Crippen LogP contribution >= 0.6 is 11.3 Å². The van der Waals surface area contributed by atoms with Gasteiger partial charge in [0.1, 0.15) is 22.8 Å². The molecular weight excluding hydrogens is 584 g/mol. The third-order valence-electron chi connectivity index (χ3n) is 8.32. The number of benzene rings is 2. The van der Waals surface area contributed by atoms with Gasteiger partial charge in [-0.15, -0.1) is 11.3 Å². The molecule has 0 saturated carbocycles. The first-order valence-corrected chi connectivity index (χ1v) is 15.3. The number of carbonyl (C=O) groups excluding carboxylic acids is 5. The fourth-order valence-corrected chi connectivity index (χ4v) is 6.70. The number of aromatic nitrogens is 1. The van der Waals surface area contributed by atoms with Gasteiger partial charge in [0, 0.05) is 32.1 Å². The second-order valence-electron chi connectivity index (χ2n) is 11.0. The van der Waals surface area contributed by atoms with E-state index < -0.39 is 29.9 Å². The van der Waals surface area contributed by atoms with Crippen LogP contribution in [-0.4, -0.2) is 94.7 Å². The van der Waals surface area contributed by atoms with Gasteiger partial charge in [0.15, 0.2) is 0 Å². The van der Waals surface area contributed by atoms with Crippen molar-refractivity contribution in [3.05, 3.63) is 81.3 Å². The van der Waals surface area contributed by atoms with Crippen LogP contribution in [0, 0.1) is 0 Å². The van der Waals surface area contributed by atoms with Crippen molar-refractivity contribution in [2.45, 2.75) is 38.0 Å². The lowest BCUT2D eigenvalue weighted by atomic mass is 9.90. The molecule has 228 valence electrons. The molecule has 1 aromatic heterocycles. The normalized spacial score (nSPS) is 19.8. The number of amides is 6. The molecule has 13 heteroatoms. The van der Waals surface area contributed by atoms with E-state index in [1.165, 1.54) is 23.3 Å². The van der Waals surface area contributed by atoms with Gasteiger partial charge in [-0.2, -0.15) is 0 Å². The maximum atomic E-state index is 13.8. The zero-order valence-corrected chi connectivity index (χ0v) is 25.1. The van der Waals surface area contributed by atoms with E-state index in [1.807, 2.05) is 18.2 Å². The van der Waals surface area contributed by atoms with Crippen LogP contribution in [0.3, 0.4) is 0 Å². The highest BCUT2D eigenvalue weighted by Gasteiger charge is 2.42. The number of thiazole rings is 1. The molecule has 2 aromatic carbocycles. The van der Waals surface area contributed by atoms with Gasteiger partial charge in [-0.3, -0.25) is 29.1 Å². The predicted octanol–water partition coefficient (Wildman–Crippen LogP) is 2.48. The lowest BCUT2D eigenvalue weighted by Crippen LogP contribution is -2.53. The van der Waals surface area contributed by atoms with Gasteiger partial charge in [-0.1, -0.05) is 24.3 Å². The van der Waals surface area contributed by atoms with E-state index in [4.69, 9.17) is 4.74 Å². The summed E-state index contributed by atoms with van der Waals surface area (Å²) in [5.74, 6) is -0.754. The van der Waals surface area contributed by atoms with E-state index in [9.17, 15) is 24.0 Å². The molecular formula is C31H32N6O6S. The van der Waals surface area contributed by atoms with E-state index >= 15 is 0 Å².